The van der Waals surface area contributed by atoms with Gasteiger partial charge >= 0.3 is 0 Å². The monoisotopic (exact) mass is 415 g/mol. The molecule has 162 valence electrons. The summed E-state index contributed by atoms with van der Waals surface area (Å²) in [5.74, 6) is 0.00909. The van der Waals surface area contributed by atoms with E-state index in [0.717, 1.165) is 30.9 Å². The van der Waals surface area contributed by atoms with Crippen molar-refractivity contribution in [1.82, 2.24) is 14.8 Å². The van der Waals surface area contributed by atoms with Crippen LogP contribution in [0.4, 0.5) is 4.39 Å². The molecule has 0 aliphatic carbocycles. The molecule has 0 N–H and O–H groups in total. The van der Waals surface area contributed by atoms with Crippen LogP contribution in [0.3, 0.4) is 0 Å². The number of hydrogen-bond donors (Lipinski definition) is 0. The van der Waals surface area contributed by atoms with Crippen LogP contribution in [0.2, 0.25) is 0 Å². The Bertz CT molecular complexity index is 805. The van der Waals surface area contributed by atoms with Gasteiger partial charge in [0.05, 0.1) is 12.3 Å². The average Bonchev–Trinajstić information content (AvgIpc) is 3.14. The molecule has 1 aromatic carbocycles. The number of carbonyl (C=O) groups is 1. The quantitative estimate of drug-likeness (QED) is 0.597. The first-order valence-corrected chi connectivity index (χ1v) is 10.2. The third-order valence-corrected chi connectivity index (χ3v) is 5.55. The topological polar surface area (TPSA) is 54.9 Å². The fraction of sp³-hybridized carbons (Fsp3) is 0.478. The van der Waals surface area contributed by atoms with Crippen molar-refractivity contribution < 1.29 is 18.7 Å². The Morgan fingerprint density at radius 3 is 2.77 bits per heavy atom. The number of likely N-dealkylation sites (tertiary alicyclic amines) is 1. The first-order chi connectivity index (χ1) is 14.6. The van der Waals surface area contributed by atoms with Crippen LogP contribution in [0.5, 0.6) is 0 Å². The number of carbonyl (C=O) groups excluding carboxylic acids is 1. The van der Waals surface area contributed by atoms with Gasteiger partial charge in [-0.3, -0.25) is 14.7 Å². The van der Waals surface area contributed by atoms with E-state index in [9.17, 15) is 9.18 Å². The molecule has 0 radical (unpaired) electrons. The Labute approximate surface area is 177 Å². The van der Waals surface area contributed by atoms with E-state index in [-0.39, 0.29) is 30.2 Å². The number of nitrogens with zero attached hydrogens (tertiary/aromatic N) is 3. The molecule has 1 aliphatic rings. The zero-order valence-corrected chi connectivity index (χ0v) is 17.7. The lowest BCUT2D eigenvalue weighted by molar-refractivity contribution is -0.136. The lowest BCUT2D eigenvalue weighted by Gasteiger charge is -2.28. The molecule has 7 heteroatoms. The molecule has 2 atom stereocenters. The van der Waals surface area contributed by atoms with Crippen molar-refractivity contribution in [3.63, 3.8) is 0 Å². The Kier molecular flexibility index (Phi) is 8.30. The number of hydrogen-bond acceptors (Lipinski definition) is 5. The molecule has 6 nitrogen and oxygen atoms in total. The summed E-state index contributed by atoms with van der Waals surface area (Å²) >= 11 is 0. The van der Waals surface area contributed by atoms with Crippen LogP contribution in [0.15, 0.2) is 48.7 Å². The highest BCUT2D eigenvalue weighted by molar-refractivity contribution is 5.77. The predicted octanol–water partition coefficient (Wildman–Crippen LogP) is 2.56. The van der Waals surface area contributed by atoms with Crippen LogP contribution in [-0.2, 0) is 20.8 Å². The van der Waals surface area contributed by atoms with E-state index < -0.39 is 0 Å². The summed E-state index contributed by atoms with van der Waals surface area (Å²) in [5, 5.41) is 0. The highest BCUT2D eigenvalue weighted by Gasteiger charge is 2.36. The Morgan fingerprint density at radius 1 is 1.20 bits per heavy atom. The van der Waals surface area contributed by atoms with Gasteiger partial charge in [0.1, 0.15) is 12.4 Å². The molecule has 0 spiro atoms. The summed E-state index contributed by atoms with van der Waals surface area (Å²) in [6.45, 7) is 3.91. The first-order valence-electron chi connectivity index (χ1n) is 10.2. The normalized spacial score (nSPS) is 19.2. The minimum Gasteiger partial charge on any atom is -0.383 e. The predicted molar refractivity (Wildman–Crippen MR) is 112 cm³/mol. The van der Waals surface area contributed by atoms with Crippen molar-refractivity contribution in [2.75, 3.05) is 53.6 Å². The van der Waals surface area contributed by atoms with Gasteiger partial charge in [0.15, 0.2) is 0 Å². The molecule has 0 bridgehead atoms. The van der Waals surface area contributed by atoms with Gasteiger partial charge in [-0.1, -0.05) is 18.2 Å². The molecular formula is C23H30FN3O3. The maximum atomic E-state index is 13.9. The molecule has 30 heavy (non-hydrogen) atoms. The van der Waals surface area contributed by atoms with E-state index in [1.54, 1.807) is 30.3 Å². The number of halogens is 1. The fourth-order valence-corrected chi connectivity index (χ4v) is 4.13. The molecule has 3 rings (SSSR count). The summed E-state index contributed by atoms with van der Waals surface area (Å²) in [4.78, 5) is 21.1. The Hall–Kier alpha value is -2.35. The number of pyridine rings is 1. The average molecular weight is 416 g/mol. The van der Waals surface area contributed by atoms with Gasteiger partial charge < -0.3 is 14.4 Å². The van der Waals surface area contributed by atoms with Crippen LogP contribution in [-0.4, -0.2) is 74.3 Å². The molecule has 1 fully saturated rings. The highest BCUT2D eigenvalue weighted by atomic mass is 19.1. The Morgan fingerprint density at radius 2 is 2.07 bits per heavy atom. The van der Waals surface area contributed by atoms with Crippen molar-refractivity contribution in [2.24, 2.45) is 5.92 Å². The zero-order chi connectivity index (χ0) is 21.3. The van der Waals surface area contributed by atoms with Crippen molar-refractivity contribution in [1.29, 1.82) is 0 Å². The van der Waals surface area contributed by atoms with Gasteiger partial charge in [0, 0.05) is 59.1 Å². The zero-order valence-electron chi connectivity index (χ0n) is 17.7. The number of aromatic nitrogens is 1. The van der Waals surface area contributed by atoms with Gasteiger partial charge in [0.2, 0.25) is 5.91 Å². The van der Waals surface area contributed by atoms with Crippen LogP contribution in [0.1, 0.15) is 17.2 Å². The van der Waals surface area contributed by atoms with Gasteiger partial charge in [-0.15, -0.1) is 0 Å². The minimum absolute atomic E-state index is 0.0404. The Balaban J connectivity index is 1.78. The maximum Gasteiger partial charge on any atom is 0.248 e. The number of ether oxygens (including phenoxy) is 2. The summed E-state index contributed by atoms with van der Waals surface area (Å²) in [6, 6.07) is 12.7. The number of amides is 1. The maximum absolute atomic E-state index is 13.9. The number of benzene rings is 1. The standard InChI is InChI=1S/C23H30FN3O3/c1-29-11-10-27(23(28)17-30-2)14-19-13-26(15-21-8-3-4-9-25-21)16-22(19)18-6-5-7-20(24)12-18/h3-9,12,19,22H,10-11,13-17H2,1-2H3/t19-,22-/m1/s1. The van der Waals surface area contributed by atoms with E-state index >= 15 is 0 Å². The summed E-state index contributed by atoms with van der Waals surface area (Å²) in [6.07, 6.45) is 1.79. The van der Waals surface area contributed by atoms with Crippen molar-refractivity contribution in [3.8, 4) is 0 Å². The molecule has 0 unspecified atom stereocenters. The molecule has 2 heterocycles. The van der Waals surface area contributed by atoms with Gasteiger partial charge in [-0.05, 0) is 35.7 Å². The second-order valence-electron chi connectivity index (χ2n) is 7.70. The fourth-order valence-electron chi connectivity index (χ4n) is 4.13. The minimum atomic E-state index is -0.235. The molecule has 1 saturated heterocycles. The van der Waals surface area contributed by atoms with Crippen LogP contribution >= 0.6 is 0 Å². The third-order valence-electron chi connectivity index (χ3n) is 5.55. The summed E-state index contributed by atoms with van der Waals surface area (Å²) in [5.41, 5.74) is 1.97. The lowest BCUT2D eigenvalue weighted by Crippen LogP contribution is -2.41. The second-order valence-corrected chi connectivity index (χ2v) is 7.70. The van der Waals surface area contributed by atoms with Crippen molar-refractivity contribution in [3.05, 3.63) is 65.7 Å². The van der Waals surface area contributed by atoms with Crippen molar-refractivity contribution >= 4 is 5.91 Å². The van der Waals surface area contributed by atoms with Crippen LogP contribution in [0, 0.1) is 11.7 Å². The van der Waals surface area contributed by atoms with Gasteiger partial charge in [-0.25, -0.2) is 4.39 Å². The van der Waals surface area contributed by atoms with Crippen LogP contribution in [0.25, 0.3) is 0 Å². The molecule has 1 amide bonds. The van der Waals surface area contributed by atoms with E-state index in [4.69, 9.17) is 9.47 Å². The third kappa shape index (κ3) is 6.08. The van der Waals surface area contributed by atoms with Gasteiger partial charge in [0.25, 0.3) is 0 Å². The molecular weight excluding hydrogens is 385 g/mol. The molecule has 1 aliphatic heterocycles. The second kappa shape index (κ2) is 11.2. The van der Waals surface area contributed by atoms with E-state index in [1.807, 2.05) is 24.3 Å². The first kappa shape index (κ1) is 22.3. The highest BCUT2D eigenvalue weighted by Crippen LogP contribution is 2.34. The van der Waals surface area contributed by atoms with Gasteiger partial charge in [-0.2, -0.15) is 0 Å². The van der Waals surface area contributed by atoms with E-state index in [1.165, 1.54) is 13.2 Å². The number of rotatable bonds is 10. The lowest BCUT2D eigenvalue weighted by atomic mass is 9.88. The SMILES string of the molecule is COCCN(C[C@H]1CN(Cc2ccccn2)C[C@@H]1c1cccc(F)c1)C(=O)COC. The number of methoxy groups -OCH3 is 2. The van der Waals surface area contributed by atoms with E-state index in [0.29, 0.717) is 19.7 Å². The van der Waals surface area contributed by atoms with Crippen molar-refractivity contribution in [2.45, 2.75) is 12.5 Å². The molecule has 0 saturated carbocycles. The summed E-state index contributed by atoms with van der Waals surface area (Å²) in [7, 11) is 3.14. The van der Waals surface area contributed by atoms with E-state index in [2.05, 4.69) is 9.88 Å². The largest absolute Gasteiger partial charge is 0.383 e. The smallest absolute Gasteiger partial charge is 0.248 e. The van der Waals surface area contributed by atoms with Crippen LogP contribution < -0.4 is 0 Å². The summed E-state index contributed by atoms with van der Waals surface area (Å²) < 4.78 is 24.2. The molecule has 1 aromatic heterocycles. The molecule has 2 aromatic rings.